The minimum Gasteiger partial charge on any atom is -0.494 e. The molecule has 1 N–H and O–H groups in total. The van der Waals surface area contributed by atoms with Crippen molar-refractivity contribution in [3.63, 3.8) is 0 Å². The fourth-order valence-electron chi connectivity index (χ4n) is 5.49. The van der Waals surface area contributed by atoms with Gasteiger partial charge in [0.15, 0.2) is 0 Å². The number of ether oxygens (including phenoxy) is 1. The molecule has 10 heteroatoms. The summed E-state index contributed by atoms with van der Waals surface area (Å²) in [6, 6.07) is 19.5. The Morgan fingerprint density at radius 1 is 0.932 bits per heavy atom. The molecule has 0 aliphatic heterocycles. The summed E-state index contributed by atoms with van der Waals surface area (Å²) in [7, 11) is -4.15. The normalized spacial score (nSPS) is 14.5. The Hall–Kier alpha value is -3.56. The predicted molar refractivity (Wildman–Crippen MR) is 174 cm³/mol. The highest BCUT2D eigenvalue weighted by Gasteiger charge is 2.34. The second-order valence-electron chi connectivity index (χ2n) is 11.2. The molecule has 1 fully saturated rings. The second-order valence-corrected chi connectivity index (χ2v) is 13.5. The lowest BCUT2D eigenvalue weighted by molar-refractivity contribution is -0.140. The van der Waals surface area contributed by atoms with E-state index in [9.17, 15) is 18.0 Å². The summed E-state index contributed by atoms with van der Waals surface area (Å²) in [6.45, 7) is 5.69. The highest BCUT2D eigenvalue weighted by molar-refractivity contribution is 7.92. The van der Waals surface area contributed by atoms with E-state index >= 15 is 0 Å². The highest BCUT2D eigenvalue weighted by atomic mass is 35.5. The summed E-state index contributed by atoms with van der Waals surface area (Å²) in [5.74, 6) is -0.129. The number of anilines is 1. The topological polar surface area (TPSA) is 96.0 Å². The van der Waals surface area contributed by atoms with Crippen LogP contribution in [-0.2, 0) is 26.2 Å². The number of sulfonamides is 1. The molecule has 8 nitrogen and oxygen atoms in total. The Labute approximate surface area is 266 Å². The number of hydrogen-bond donors (Lipinski definition) is 1. The van der Waals surface area contributed by atoms with Crippen LogP contribution in [0.1, 0.15) is 63.5 Å². The van der Waals surface area contributed by atoms with E-state index in [0.29, 0.717) is 29.5 Å². The molecule has 0 spiro atoms. The molecule has 1 unspecified atom stereocenters. The molecule has 0 aromatic heterocycles. The average Bonchev–Trinajstić information content (AvgIpc) is 3.02. The quantitative estimate of drug-likeness (QED) is 0.230. The van der Waals surface area contributed by atoms with E-state index in [2.05, 4.69) is 5.32 Å². The molecule has 236 valence electrons. The summed E-state index contributed by atoms with van der Waals surface area (Å²) in [5, 5.41) is 3.72. The minimum absolute atomic E-state index is 0.0659. The molecule has 3 aromatic carbocycles. The molecule has 2 amide bonds. The molecule has 1 atom stereocenters. The average molecular weight is 640 g/mol. The number of aryl methyl sites for hydroxylation is 1. The van der Waals surface area contributed by atoms with Crippen LogP contribution >= 0.6 is 11.6 Å². The van der Waals surface area contributed by atoms with Crippen molar-refractivity contribution in [2.75, 3.05) is 17.5 Å². The van der Waals surface area contributed by atoms with Crippen LogP contribution in [0, 0.1) is 6.92 Å². The third-order valence-electron chi connectivity index (χ3n) is 7.93. The van der Waals surface area contributed by atoms with Crippen molar-refractivity contribution in [3.05, 3.63) is 88.9 Å². The minimum atomic E-state index is -4.15. The maximum atomic E-state index is 14.3. The third kappa shape index (κ3) is 8.54. The van der Waals surface area contributed by atoms with Gasteiger partial charge in [-0.05, 0) is 87.2 Å². The molecule has 44 heavy (non-hydrogen) atoms. The third-order valence-corrected chi connectivity index (χ3v) is 9.97. The molecular formula is C34H42ClN3O5S. The van der Waals surface area contributed by atoms with Crippen LogP contribution in [-0.4, -0.2) is 50.4 Å². The predicted octanol–water partition coefficient (Wildman–Crippen LogP) is 6.50. The molecular weight excluding hydrogens is 598 g/mol. The van der Waals surface area contributed by atoms with Gasteiger partial charge in [-0.1, -0.05) is 67.6 Å². The van der Waals surface area contributed by atoms with Gasteiger partial charge in [0.2, 0.25) is 11.8 Å². The van der Waals surface area contributed by atoms with Crippen LogP contribution in [0.25, 0.3) is 0 Å². The van der Waals surface area contributed by atoms with Crippen LogP contribution in [0.3, 0.4) is 0 Å². The van der Waals surface area contributed by atoms with Crippen molar-refractivity contribution < 1.29 is 22.7 Å². The molecule has 1 saturated carbocycles. The molecule has 1 aliphatic carbocycles. The molecule has 4 rings (SSSR count). The van der Waals surface area contributed by atoms with Gasteiger partial charge in [-0.3, -0.25) is 13.9 Å². The first-order chi connectivity index (χ1) is 21.1. The second kappa shape index (κ2) is 15.4. The number of amides is 2. The van der Waals surface area contributed by atoms with Gasteiger partial charge in [0, 0.05) is 17.6 Å². The number of carbonyl (C=O) groups excluding carboxylic acids is 2. The van der Waals surface area contributed by atoms with Gasteiger partial charge < -0.3 is 15.0 Å². The van der Waals surface area contributed by atoms with E-state index in [4.69, 9.17) is 16.3 Å². The van der Waals surface area contributed by atoms with Gasteiger partial charge in [0.1, 0.15) is 18.3 Å². The van der Waals surface area contributed by atoms with E-state index < -0.39 is 28.5 Å². The van der Waals surface area contributed by atoms with Gasteiger partial charge in [0.05, 0.1) is 17.2 Å². The zero-order chi connectivity index (χ0) is 31.7. The highest BCUT2D eigenvalue weighted by Crippen LogP contribution is 2.27. The van der Waals surface area contributed by atoms with E-state index in [1.807, 2.05) is 32.9 Å². The lowest BCUT2D eigenvalue weighted by Crippen LogP contribution is -2.54. The first kappa shape index (κ1) is 33.3. The number of carbonyl (C=O) groups is 2. The van der Waals surface area contributed by atoms with Gasteiger partial charge in [-0.2, -0.15) is 0 Å². The van der Waals surface area contributed by atoms with Crippen molar-refractivity contribution in [3.8, 4) is 5.75 Å². The van der Waals surface area contributed by atoms with E-state index in [1.54, 1.807) is 48.5 Å². The number of benzene rings is 3. The molecule has 0 heterocycles. The number of hydrogen-bond acceptors (Lipinski definition) is 5. The Morgan fingerprint density at radius 3 is 2.16 bits per heavy atom. The number of halogens is 1. The standard InChI is InChI=1S/C34H42ClN3O5S/c1-4-32(34(40)36-28-9-7-6-8-10-28)37(23-26-13-15-27(35)16-14-26)33(39)24-38(29-17-19-30(20-18-29)43-5-2)44(41,42)31-21-11-25(3)12-22-31/h11-22,28,32H,4-10,23-24H2,1-3H3,(H,36,40). The summed E-state index contributed by atoms with van der Waals surface area (Å²) in [5.41, 5.74) is 2.01. The van der Waals surface area contributed by atoms with Gasteiger partial charge in [-0.25, -0.2) is 8.42 Å². The van der Waals surface area contributed by atoms with Crippen LogP contribution < -0.4 is 14.4 Å². The Balaban J connectivity index is 1.70. The van der Waals surface area contributed by atoms with Crippen LogP contribution in [0.5, 0.6) is 5.75 Å². The van der Waals surface area contributed by atoms with Gasteiger partial charge in [0.25, 0.3) is 10.0 Å². The smallest absolute Gasteiger partial charge is 0.264 e. The van der Waals surface area contributed by atoms with Crippen LogP contribution in [0.2, 0.25) is 5.02 Å². The fourth-order valence-corrected chi connectivity index (χ4v) is 7.03. The number of nitrogens with one attached hydrogen (secondary N) is 1. The SMILES string of the molecule is CCOc1ccc(N(CC(=O)N(Cc2ccc(Cl)cc2)C(CC)C(=O)NC2CCCCC2)S(=O)(=O)c2ccc(C)cc2)cc1. The number of nitrogens with zero attached hydrogens (tertiary/aromatic N) is 2. The lowest BCUT2D eigenvalue weighted by Gasteiger charge is -2.34. The maximum absolute atomic E-state index is 14.3. The largest absolute Gasteiger partial charge is 0.494 e. The Bertz CT molecular complexity index is 1490. The van der Waals surface area contributed by atoms with Crippen LogP contribution in [0.15, 0.2) is 77.7 Å². The van der Waals surface area contributed by atoms with Gasteiger partial charge >= 0.3 is 0 Å². The van der Waals surface area contributed by atoms with Crippen molar-refractivity contribution in [2.45, 2.75) is 82.8 Å². The molecule has 0 saturated heterocycles. The first-order valence-corrected chi connectivity index (χ1v) is 17.1. The Kier molecular flexibility index (Phi) is 11.7. The lowest BCUT2D eigenvalue weighted by atomic mass is 9.95. The fraction of sp³-hybridized carbons (Fsp3) is 0.412. The molecule has 0 radical (unpaired) electrons. The zero-order valence-electron chi connectivity index (χ0n) is 25.7. The van der Waals surface area contributed by atoms with Gasteiger partial charge in [-0.15, -0.1) is 0 Å². The monoisotopic (exact) mass is 639 g/mol. The summed E-state index contributed by atoms with van der Waals surface area (Å²) in [6.07, 6.45) is 5.46. The molecule has 3 aromatic rings. The van der Waals surface area contributed by atoms with E-state index in [1.165, 1.54) is 17.0 Å². The number of rotatable bonds is 13. The van der Waals surface area contributed by atoms with Crippen molar-refractivity contribution in [1.82, 2.24) is 10.2 Å². The van der Waals surface area contributed by atoms with Crippen molar-refractivity contribution in [2.24, 2.45) is 0 Å². The van der Waals surface area contributed by atoms with E-state index in [-0.39, 0.29) is 23.4 Å². The molecule has 1 aliphatic rings. The Morgan fingerprint density at radius 2 is 1.57 bits per heavy atom. The van der Waals surface area contributed by atoms with Crippen molar-refractivity contribution in [1.29, 1.82) is 0 Å². The summed E-state index contributed by atoms with van der Waals surface area (Å²) >= 11 is 6.12. The van der Waals surface area contributed by atoms with Crippen LogP contribution in [0.4, 0.5) is 5.69 Å². The van der Waals surface area contributed by atoms with Crippen molar-refractivity contribution >= 4 is 39.1 Å². The summed E-state index contributed by atoms with van der Waals surface area (Å²) < 4.78 is 34.8. The van der Waals surface area contributed by atoms with E-state index in [0.717, 1.165) is 47.5 Å². The molecule has 0 bridgehead atoms. The zero-order valence-corrected chi connectivity index (χ0v) is 27.2. The first-order valence-electron chi connectivity index (χ1n) is 15.3. The maximum Gasteiger partial charge on any atom is 0.264 e. The summed E-state index contributed by atoms with van der Waals surface area (Å²) in [4.78, 5) is 29.5.